The van der Waals surface area contributed by atoms with Crippen molar-refractivity contribution in [1.29, 1.82) is 0 Å². The average Bonchev–Trinajstić information content (AvgIpc) is 1.67. The Morgan fingerprint density at radius 2 is 0.574 bits per heavy atom. The molecule has 5 atom stereocenters. The second kappa shape index (κ2) is 68.0. The fourth-order valence-electron chi connectivity index (χ4n) is 9.97. The summed E-state index contributed by atoms with van der Waals surface area (Å²) in [6, 6.07) is 0. The Morgan fingerprint density at radius 3 is 0.915 bits per heavy atom. The quantitative estimate of drug-likeness (QED) is 0.0169. The summed E-state index contributed by atoms with van der Waals surface area (Å²) in [5, 5.41) is 10.6. The highest BCUT2D eigenvalue weighted by Crippen LogP contribution is 2.45. The van der Waals surface area contributed by atoms with Crippen molar-refractivity contribution in [3.63, 3.8) is 0 Å². The van der Waals surface area contributed by atoms with Crippen molar-refractivity contribution in [3.8, 4) is 0 Å². The van der Waals surface area contributed by atoms with Gasteiger partial charge in [0.1, 0.15) is 19.3 Å². The maximum absolute atomic E-state index is 13.0. The molecule has 0 aromatic rings. The van der Waals surface area contributed by atoms with Crippen molar-refractivity contribution in [2.24, 2.45) is 0 Å². The van der Waals surface area contributed by atoms with Gasteiger partial charge in [-0.15, -0.1) is 0 Å². The van der Waals surface area contributed by atoms with Gasteiger partial charge in [0, 0.05) is 25.7 Å². The first-order valence-corrected chi connectivity index (χ1v) is 40.2. The van der Waals surface area contributed by atoms with Gasteiger partial charge in [0.2, 0.25) is 0 Å². The molecule has 0 fully saturated rings. The number of hydrogen-bond donors (Lipinski definition) is 3. The van der Waals surface area contributed by atoms with Gasteiger partial charge in [0.25, 0.3) is 0 Å². The van der Waals surface area contributed by atoms with Crippen LogP contribution in [0.3, 0.4) is 0 Å². The van der Waals surface area contributed by atoms with Crippen molar-refractivity contribution in [2.45, 2.75) is 341 Å². The molecular formula is C75H134O17P2. The molecular weight excluding hydrogens is 1230 g/mol. The van der Waals surface area contributed by atoms with E-state index in [4.69, 9.17) is 37.0 Å². The summed E-state index contributed by atoms with van der Waals surface area (Å²) >= 11 is 0. The lowest BCUT2D eigenvalue weighted by atomic mass is 10.0. The Balaban J connectivity index is 5.34. The summed E-state index contributed by atoms with van der Waals surface area (Å²) in [6.45, 7) is 4.66. The van der Waals surface area contributed by atoms with Crippen LogP contribution in [0.2, 0.25) is 0 Å². The highest BCUT2D eigenvalue weighted by molar-refractivity contribution is 7.47. The van der Waals surface area contributed by atoms with Gasteiger partial charge < -0.3 is 33.8 Å². The summed E-state index contributed by atoms with van der Waals surface area (Å²) in [6.07, 6.45) is 66.1. The van der Waals surface area contributed by atoms with Crippen molar-refractivity contribution in [2.75, 3.05) is 39.6 Å². The number of allylic oxidation sites excluding steroid dienone is 12. The van der Waals surface area contributed by atoms with Crippen LogP contribution < -0.4 is 0 Å². The van der Waals surface area contributed by atoms with Gasteiger partial charge in [0.05, 0.1) is 26.4 Å². The van der Waals surface area contributed by atoms with Gasteiger partial charge >= 0.3 is 39.5 Å². The van der Waals surface area contributed by atoms with E-state index in [-0.39, 0.29) is 25.7 Å². The predicted octanol–water partition coefficient (Wildman–Crippen LogP) is 20.9. The lowest BCUT2D eigenvalue weighted by Gasteiger charge is -2.21. The highest BCUT2D eigenvalue weighted by atomic mass is 31.2. The zero-order chi connectivity index (χ0) is 69.0. The van der Waals surface area contributed by atoms with E-state index >= 15 is 0 Å². The van der Waals surface area contributed by atoms with E-state index in [9.17, 15) is 43.2 Å². The summed E-state index contributed by atoms with van der Waals surface area (Å²) in [5.74, 6) is -2.20. The fourth-order valence-corrected chi connectivity index (χ4v) is 11.6. The topological polar surface area (TPSA) is 237 Å². The lowest BCUT2D eigenvalue weighted by molar-refractivity contribution is -0.161. The molecule has 3 N–H and O–H groups in total. The zero-order valence-corrected chi connectivity index (χ0v) is 61.2. The second-order valence-corrected chi connectivity index (χ2v) is 27.8. The van der Waals surface area contributed by atoms with E-state index < -0.39 is 97.5 Å². The number of phosphoric ester groups is 2. The van der Waals surface area contributed by atoms with Crippen LogP contribution in [0.4, 0.5) is 0 Å². The second-order valence-electron chi connectivity index (χ2n) is 24.9. The molecule has 94 heavy (non-hydrogen) atoms. The van der Waals surface area contributed by atoms with Crippen molar-refractivity contribution >= 4 is 39.5 Å². The van der Waals surface area contributed by atoms with Crippen LogP contribution in [0, 0.1) is 0 Å². The number of aliphatic hydroxyl groups excluding tert-OH is 1. The molecule has 0 aromatic heterocycles. The fraction of sp³-hybridized carbons (Fsp3) is 0.787. The Kier molecular flexibility index (Phi) is 65.5. The molecule has 0 bridgehead atoms. The molecule has 0 aliphatic rings. The molecule has 546 valence electrons. The van der Waals surface area contributed by atoms with Crippen molar-refractivity contribution in [1.82, 2.24) is 0 Å². The minimum Gasteiger partial charge on any atom is -0.462 e. The van der Waals surface area contributed by atoms with E-state index in [0.29, 0.717) is 25.7 Å². The summed E-state index contributed by atoms with van der Waals surface area (Å²) < 4.78 is 68.3. The number of ether oxygens (including phenoxy) is 4. The molecule has 17 nitrogen and oxygen atoms in total. The zero-order valence-electron chi connectivity index (χ0n) is 59.4. The number of hydrogen-bond acceptors (Lipinski definition) is 15. The molecule has 0 heterocycles. The van der Waals surface area contributed by atoms with Gasteiger partial charge in [-0.05, 0) is 109 Å². The van der Waals surface area contributed by atoms with Gasteiger partial charge in [-0.1, -0.05) is 261 Å². The summed E-state index contributed by atoms with van der Waals surface area (Å²) in [4.78, 5) is 72.7. The first-order valence-electron chi connectivity index (χ1n) is 37.2. The minimum absolute atomic E-state index is 0.0765. The largest absolute Gasteiger partial charge is 0.472 e. The number of phosphoric acid groups is 2. The number of carbonyl (C=O) groups is 4. The summed E-state index contributed by atoms with van der Waals surface area (Å²) in [5.41, 5.74) is 0. The Bertz CT molecular complexity index is 2070. The van der Waals surface area contributed by atoms with Crippen LogP contribution in [-0.4, -0.2) is 96.7 Å². The molecule has 0 saturated carbocycles. The molecule has 0 aliphatic heterocycles. The molecule has 5 unspecified atom stereocenters. The third-order valence-electron chi connectivity index (χ3n) is 15.6. The van der Waals surface area contributed by atoms with Crippen LogP contribution >= 0.6 is 15.6 Å². The van der Waals surface area contributed by atoms with Crippen LogP contribution in [0.15, 0.2) is 72.9 Å². The third-order valence-corrected chi connectivity index (χ3v) is 17.5. The standard InChI is InChI=1S/C75H134O17P2/c1-5-9-13-17-21-25-29-33-34-38-40-44-48-52-56-60-73(78)86-66-71(92-75(80)62-58-54-50-46-42-37-32-28-24-20-16-12-8-4)68-90-94(83,84)88-64-69(76)63-87-93(81,82)89-67-70(91-74(79)61-57-53-49-45-41-36-31-27-23-19-15-11-7-3)65-85-72(77)59-55-51-47-43-39-35-30-26-22-18-14-10-6-2/h9,13,16,20-21,25-26,28,30,32-34,69-71,76H,5-8,10-12,14-15,17-19,22-24,27,29,31,35-68H2,1-4H3,(H,81,82)(H,83,84)/b13-9-,20-16-,25-21-,30-26-,32-28-,34-33-. The lowest BCUT2D eigenvalue weighted by Crippen LogP contribution is -2.30. The third kappa shape index (κ3) is 67.1. The molecule has 0 aromatic carbocycles. The summed E-state index contributed by atoms with van der Waals surface area (Å²) in [7, 11) is -9.94. The Morgan fingerprint density at radius 1 is 0.309 bits per heavy atom. The number of carbonyl (C=O) groups excluding carboxylic acids is 4. The van der Waals surface area contributed by atoms with Crippen LogP contribution in [-0.2, 0) is 65.4 Å². The molecule has 0 rings (SSSR count). The molecule has 0 aliphatic carbocycles. The maximum atomic E-state index is 13.0. The first-order chi connectivity index (χ1) is 45.7. The molecule has 19 heteroatoms. The molecule has 0 radical (unpaired) electrons. The van der Waals surface area contributed by atoms with Crippen molar-refractivity contribution in [3.05, 3.63) is 72.9 Å². The SMILES string of the molecule is CC/C=C\C/C=C\C/C=C\CCCCCCCC(=O)OCC(COP(=O)(O)OCC(O)COP(=O)(O)OCC(COC(=O)CCCCCCC/C=C\CCCCCC)OC(=O)CCCCCCCCCCCCCCC)OC(=O)CCCCCCC/C=C\C/C=C\CCC. The van der Waals surface area contributed by atoms with Crippen LogP contribution in [0.5, 0.6) is 0 Å². The Labute approximate surface area is 571 Å². The Hall–Kier alpha value is -3.50. The normalized spacial score (nSPS) is 14.4. The molecule has 0 amide bonds. The van der Waals surface area contributed by atoms with E-state index in [2.05, 4.69) is 101 Å². The maximum Gasteiger partial charge on any atom is 0.472 e. The molecule has 0 saturated heterocycles. The number of aliphatic hydroxyl groups is 1. The van der Waals surface area contributed by atoms with Crippen molar-refractivity contribution < 1.29 is 80.2 Å². The van der Waals surface area contributed by atoms with Crippen LogP contribution in [0.1, 0.15) is 323 Å². The first kappa shape index (κ1) is 90.5. The number of rotatable bonds is 70. The predicted molar refractivity (Wildman–Crippen MR) is 381 cm³/mol. The number of esters is 4. The van der Waals surface area contributed by atoms with Gasteiger partial charge in [-0.2, -0.15) is 0 Å². The van der Waals surface area contributed by atoms with Crippen LogP contribution in [0.25, 0.3) is 0 Å². The smallest absolute Gasteiger partial charge is 0.462 e. The van der Waals surface area contributed by atoms with Gasteiger partial charge in [-0.25, -0.2) is 9.13 Å². The van der Waals surface area contributed by atoms with Gasteiger partial charge in [-0.3, -0.25) is 37.3 Å². The monoisotopic (exact) mass is 1370 g/mol. The minimum atomic E-state index is -4.97. The van der Waals surface area contributed by atoms with E-state index in [1.807, 2.05) is 0 Å². The average molecular weight is 1370 g/mol. The number of unbranched alkanes of at least 4 members (excludes halogenated alkanes) is 32. The van der Waals surface area contributed by atoms with E-state index in [1.54, 1.807) is 0 Å². The molecule has 0 spiro atoms. The van der Waals surface area contributed by atoms with E-state index in [0.717, 1.165) is 167 Å². The van der Waals surface area contributed by atoms with E-state index in [1.165, 1.54) is 77.0 Å². The van der Waals surface area contributed by atoms with Gasteiger partial charge in [0.15, 0.2) is 12.2 Å². The highest BCUT2D eigenvalue weighted by Gasteiger charge is 2.30.